The quantitative estimate of drug-likeness (QED) is 0.403. The van der Waals surface area contributed by atoms with Crippen molar-refractivity contribution < 1.29 is 34.8 Å². The molecule has 0 fully saturated rings. The third kappa shape index (κ3) is 10.4. The molecule has 7 nitrogen and oxygen atoms in total. The van der Waals surface area contributed by atoms with Crippen LogP contribution in [0.4, 0.5) is 0 Å². The minimum Gasteiger partial charge on any atom is -0.508 e. The molecule has 0 radical (unpaired) electrons. The molecule has 0 aliphatic carbocycles. The van der Waals surface area contributed by atoms with Crippen molar-refractivity contribution in [2.75, 3.05) is 6.61 Å². The summed E-state index contributed by atoms with van der Waals surface area (Å²) in [6, 6.07) is 12.7. The van der Waals surface area contributed by atoms with E-state index in [-0.39, 0.29) is 28.1 Å². The number of carboxylic acids is 2. The Balaban J connectivity index is 0.000000705. The van der Waals surface area contributed by atoms with Crippen LogP contribution in [0.3, 0.4) is 0 Å². The molecule has 0 bridgehead atoms. The van der Waals surface area contributed by atoms with Gasteiger partial charge in [0.05, 0.1) is 6.61 Å². The zero-order valence-corrected chi connectivity index (χ0v) is 19.9. The van der Waals surface area contributed by atoms with Crippen LogP contribution in [0.15, 0.2) is 66.8 Å². The van der Waals surface area contributed by atoms with Crippen LogP contribution in [0.25, 0.3) is 0 Å². The molecule has 7 heteroatoms. The zero-order valence-electron chi connectivity index (χ0n) is 19.9. The van der Waals surface area contributed by atoms with Gasteiger partial charge >= 0.3 is 11.9 Å². The molecule has 4 N–H and O–H groups in total. The minimum absolute atomic E-state index is 0.161. The van der Waals surface area contributed by atoms with Gasteiger partial charge in [-0.15, -0.1) is 0 Å². The van der Waals surface area contributed by atoms with Crippen LogP contribution in [0.2, 0.25) is 0 Å². The van der Waals surface area contributed by atoms with E-state index in [0.717, 1.165) is 17.5 Å². The molecule has 0 saturated heterocycles. The number of aromatic hydroxyl groups is 2. The van der Waals surface area contributed by atoms with Crippen molar-refractivity contribution in [3.8, 4) is 17.2 Å². The summed E-state index contributed by atoms with van der Waals surface area (Å²) in [7, 11) is 0. The lowest BCUT2D eigenvalue weighted by Gasteiger charge is -2.27. The highest BCUT2D eigenvalue weighted by atomic mass is 16.5. The molecule has 0 spiro atoms. The molecule has 0 unspecified atom stereocenters. The van der Waals surface area contributed by atoms with Gasteiger partial charge < -0.3 is 25.2 Å². The number of hydrogen-bond donors (Lipinski definition) is 4. The first-order chi connectivity index (χ1) is 15.2. The van der Waals surface area contributed by atoms with Gasteiger partial charge in [0.2, 0.25) is 0 Å². The summed E-state index contributed by atoms with van der Waals surface area (Å²) in [6.07, 6.45) is 0.894. The molecule has 0 aromatic heterocycles. The SMILES string of the molecule is C=C(C)C(=O)O.C=C(C)C(=O)O.CCCOc1cc(C(C)(C)c2ccc(O)cc2)ccc1O. The van der Waals surface area contributed by atoms with Crippen molar-refractivity contribution in [2.45, 2.75) is 46.5 Å². The van der Waals surface area contributed by atoms with Crippen LogP contribution in [0, 0.1) is 0 Å². The normalized spacial score (nSPS) is 9.97. The van der Waals surface area contributed by atoms with Crippen LogP contribution >= 0.6 is 0 Å². The Kier molecular flexibility index (Phi) is 12.1. The Labute approximate surface area is 195 Å². The molecule has 2 rings (SSSR count). The molecular formula is C26H34O7. The number of ether oxygens (including phenoxy) is 1. The summed E-state index contributed by atoms with van der Waals surface area (Å²) >= 11 is 0. The van der Waals surface area contributed by atoms with E-state index in [1.54, 1.807) is 18.2 Å². The van der Waals surface area contributed by atoms with Crippen molar-refractivity contribution in [3.63, 3.8) is 0 Å². The highest BCUT2D eigenvalue weighted by Gasteiger charge is 2.24. The fraction of sp³-hybridized carbons (Fsp3) is 0.308. The maximum atomic E-state index is 9.88. The Morgan fingerprint density at radius 2 is 1.30 bits per heavy atom. The summed E-state index contributed by atoms with van der Waals surface area (Å²) in [5, 5.41) is 35.1. The average molecular weight is 459 g/mol. The first-order valence-electron chi connectivity index (χ1n) is 10.3. The lowest BCUT2D eigenvalue weighted by molar-refractivity contribution is -0.133. The number of carbonyl (C=O) groups is 2. The van der Waals surface area contributed by atoms with Crippen molar-refractivity contribution in [1.82, 2.24) is 0 Å². The van der Waals surface area contributed by atoms with Crippen molar-refractivity contribution >= 4 is 11.9 Å². The molecule has 0 aliphatic heterocycles. The third-order valence-corrected chi connectivity index (χ3v) is 4.46. The summed E-state index contributed by atoms with van der Waals surface area (Å²) in [6.45, 7) is 16.0. The van der Waals surface area contributed by atoms with Gasteiger partial charge in [0, 0.05) is 16.6 Å². The number of hydrogen-bond acceptors (Lipinski definition) is 5. The second kappa shape index (κ2) is 13.6. The molecule has 180 valence electrons. The topological polar surface area (TPSA) is 124 Å². The Hall–Kier alpha value is -3.74. The standard InChI is InChI=1S/C18H22O3.2C4H6O2/c1-4-11-21-17-12-14(7-10-16(17)20)18(2,3)13-5-8-15(19)9-6-13;2*1-3(2)4(5)6/h5-10,12,19-20H,4,11H2,1-3H3;2*1H2,2H3,(H,5,6). The molecule has 0 saturated carbocycles. The summed E-state index contributed by atoms with van der Waals surface area (Å²) in [5.41, 5.74) is 2.25. The predicted molar refractivity (Wildman–Crippen MR) is 129 cm³/mol. The lowest BCUT2D eigenvalue weighted by atomic mass is 9.78. The molecule has 0 atom stereocenters. The van der Waals surface area contributed by atoms with Crippen molar-refractivity contribution in [3.05, 3.63) is 77.9 Å². The summed E-state index contributed by atoms with van der Waals surface area (Å²) < 4.78 is 5.59. The smallest absolute Gasteiger partial charge is 0.330 e. The van der Waals surface area contributed by atoms with E-state index in [9.17, 15) is 19.8 Å². The minimum atomic E-state index is -0.935. The molecule has 2 aromatic rings. The number of rotatable bonds is 7. The molecule has 0 amide bonds. The highest BCUT2D eigenvalue weighted by molar-refractivity contribution is 5.85. The van der Waals surface area contributed by atoms with E-state index in [0.29, 0.717) is 12.4 Å². The zero-order chi connectivity index (χ0) is 25.8. The van der Waals surface area contributed by atoms with Crippen LogP contribution in [-0.2, 0) is 15.0 Å². The van der Waals surface area contributed by atoms with Gasteiger partial charge in [-0.2, -0.15) is 0 Å². The van der Waals surface area contributed by atoms with Gasteiger partial charge in [0.25, 0.3) is 0 Å². The van der Waals surface area contributed by atoms with E-state index >= 15 is 0 Å². The van der Waals surface area contributed by atoms with E-state index in [1.807, 2.05) is 31.2 Å². The van der Waals surface area contributed by atoms with Gasteiger partial charge in [-0.3, -0.25) is 0 Å². The molecule has 0 aliphatic rings. The second-order valence-corrected chi connectivity index (χ2v) is 7.87. The molecule has 0 heterocycles. The predicted octanol–water partition coefficient (Wildman–Crippen LogP) is 5.51. The lowest BCUT2D eigenvalue weighted by Crippen LogP contribution is -2.18. The fourth-order valence-electron chi connectivity index (χ4n) is 2.28. The van der Waals surface area contributed by atoms with E-state index in [4.69, 9.17) is 14.9 Å². The van der Waals surface area contributed by atoms with Crippen LogP contribution < -0.4 is 4.74 Å². The van der Waals surface area contributed by atoms with Gasteiger partial charge in [-0.05, 0) is 55.7 Å². The van der Waals surface area contributed by atoms with Crippen molar-refractivity contribution in [2.24, 2.45) is 0 Å². The fourth-order valence-corrected chi connectivity index (χ4v) is 2.28. The Morgan fingerprint density at radius 3 is 1.70 bits per heavy atom. The first kappa shape index (κ1) is 29.3. The van der Waals surface area contributed by atoms with E-state index < -0.39 is 11.9 Å². The van der Waals surface area contributed by atoms with E-state index in [1.165, 1.54) is 13.8 Å². The van der Waals surface area contributed by atoms with Crippen molar-refractivity contribution in [1.29, 1.82) is 0 Å². The number of benzene rings is 2. The maximum Gasteiger partial charge on any atom is 0.330 e. The van der Waals surface area contributed by atoms with E-state index in [2.05, 4.69) is 27.0 Å². The van der Waals surface area contributed by atoms with Gasteiger partial charge in [-0.1, -0.05) is 52.1 Å². The van der Waals surface area contributed by atoms with Crippen LogP contribution in [0.1, 0.15) is 52.2 Å². The average Bonchev–Trinajstić information content (AvgIpc) is 2.74. The van der Waals surface area contributed by atoms with Gasteiger partial charge in [-0.25, -0.2) is 9.59 Å². The van der Waals surface area contributed by atoms with Gasteiger partial charge in [0.15, 0.2) is 11.5 Å². The second-order valence-electron chi connectivity index (χ2n) is 7.87. The number of phenolic OH excluding ortho intramolecular Hbond substituents is 2. The third-order valence-electron chi connectivity index (χ3n) is 4.46. The monoisotopic (exact) mass is 458 g/mol. The summed E-state index contributed by atoms with van der Waals surface area (Å²) in [5.74, 6) is -0.938. The summed E-state index contributed by atoms with van der Waals surface area (Å²) in [4.78, 5) is 19.2. The Bertz CT molecular complexity index is 909. The molecule has 33 heavy (non-hydrogen) atoms. The Morgan fingerprint density at radius 1 is 0.879 bits per heavy atom. The largest absolute Gasteiger partial charge is 0.508 e. The molecule has 2 aromatic carbocycles. The number of phenols is 2. The number of carboxylic acid groups (broad SMARTS) is 2. The molecular weight excluding hydrogens is 424 g/mol. The van der Waals surface area contributed by atoms with Crippen LogP contribution in [0.5, 0.6) is 17.2 Å². The maximum absolute atomic E-state index is 9.88. The number of aliphatic carboxylic acids is 2. The first-order valence-corrected chi connectivity index (χ1v) is 10.3. The van der Waals surface area contributed by atoms with Gasteiger partial charge in [0.1, 0.15) is 5.75 Å². The highest BCUT2D eigenvalue weighted by Crippen LogP contribution is 2.37. The van der Waals surface area contributed by atoms with Crippen LogP contribution in [-0.4, -0.2) is 39.0 Å².